The number of nitrogens with two attached hydrogens (primary N) is 1. The van der Waals surface area contributed by atoms with Gasteiger partial charge in [-0.1, -0.05) is 42.5 Å². The van der Waals surface area contributed by atoms with Crippen LogP contribution in [0.5, 0.6) is 0 Å². The molecule has 2 aliphatic rings. The Morgan fingerprint density at radius 3 is 2.53 bits per heavy atom. The van der Waals surface area contributed by atoms with E-state index in [4.69, 9.17) is 5.73 Å². The van der Waals surface area contributed by atoms with Gasteiger partial charge < -0.3 is 10.7 Å². The van der Waals surface area contributed by atoms with Crippen LogP contribution < -0.4 is 5.73 Å². The molecule has 5 rings (SSSR count). The predicted molar refractivity (Wildman–Crippen MR) is 117 cm³/mol. The van der Waals surface area contributed by atoms with Crippen molar-refractivity contribution in [2.45, 2.75) is 56.1 Å². The topological polar surface area (TPSA) is 75.0 Å². The number of rotatable bonds is 6. The number of fused-ring (bicyclic) bond motifs is 2. The van der Waals surface area contributed by atoms with E-state index in [9.17, 15) is 4.79 Å². The van der Waals surface area contributed by atoms with Crippen LogP contribution in [-0.2, 0) is 6.42 Å². The molecule has 2 aliphatic heterocycles. The van der Waals surface area contributed by atoms with Crippen molar-refractivity contribution in [1.82, 2.24) is 14.9 Å². The lowest BCUT2D eigenvalue weighted by Crippen LogP contribution is -2.45. The average molecular weight is 401 g/mol. The molecule has 0 saturated carbocycles. The summed E-state index contributed by atoms with van der Waals surface area (Å²) in [6, 6.07) is 20.1. The molecule has 3 N–H and O–H groups in total. The zero-order chi connectivity index (χ0) is 20.5. The average Bonchev–Trinajstić information content (AvgIpc) is 3.39. The highest BCUT2D eigenvalue weighted by molar-refractivity contribution is 5.92. The smallest absolute Gasteiger partial charge is 0.248 e. The number of H-pyrrole nitrogens is 1. The highest BCUT2D eigenvalue weighted by Gasteiger charge is 2.44. The number of piperidine rings is 1. The van der Waals surface area contributed by atoms with Gasteiger partial charge in [0.05, 0.1) is 18.1 Å². The third kappa shape index (κ3) is 3.65. The largest absolute Gasteiger partial charge is 0.366 e. The van der Waals surface area contributed by atoms with Gasteiger partial charge in [0.2, 0.25) is 5.91 Å². The Hall–Kier alpha value is -2.92. The minimum atomic E-state index is -0.348. The maximum Gasteiger partial charge on any atom is 0.248 e. The SMILES string of the molecule is NC(=O)c1cccc(C2CC3CCC(C2)N3C(Cc2ccccc2)c2cnc[nH]2)c1. The molecule has 1 amide bonds. The number of nitrogens with one attached hydrogen (secondary N) is 1. The number of amides is 1. The number of primary amides is 1. The summed E-state index contributed by atoms with van der Waals surface area (Å²) in [6.07, 6.45) is 9.47. The van der Waals surface area contributed by atoms with Crippen molar-refractivity contribution in [3.05, 3.63) is 89.5 Å². The molecule has 3 unspecified atom stereocenters. The van der Waals surface area contributed by atoms with E-state index < -0.39 is 0 Å². The van der Waals surface area contributed by atoms with Crippen LogP contribution in [-0.4, -0.2) is 32.9 Å². The quantitative estimate of drug-likeness (QED) is 0.651. The molecule has 0 aliphatic carbocycles. The molecule has 1 aromatic heterocycles. The first-order valence-electron chi connectivity index (χ1n) is 10.9. The Morgan fingerprint density at radius 1 is 1.10 bits per heavy atom. The van der Waals surface area contributed by atoms with Gasteiger partial charge in [-0.2, -0.15) is 0 Å². The van der Waals surface area contributed by atoms with E-state index in [-0.39, 0.29) is 5.91 Å². The van der Waals surface area contributed by atoms with Crippen LogP contribution in [0.25, 0.3) is 0 Å². The monoisotopic (exact) mass is 400 g/mol. The summed E-state index contributed by atoms with van der Waals surface area (Å²) in [7, 11) is 0. The highest BCUT2D eigenvalue weighted by atomic mass is 16.1. The lowest BCUT2D eigenvalue weighted by atomic mass is 9.83. The maximum absolute atomic E-state index is 11.6. The van der Waals surface area contributed by atoms with Crippen LogP contribution in [0.3, 0.4) is 0 Å². The lowest BCUT2D eigenvalue weighted by Gasteiger charge is -2.43. The molecular formula is C25H28N4O. The van der Waals surface area contributed by atoms with E-state index in [2.05, 4.69) is 51.3 Å². The summed E-state index contributed by atoms with van der Waals surface area (Å²) < 4.78 is 0. The van der Waals surface area contributed by atoms with Crippen molar-refractivity contribution in [3.63, 3.8) is 0 Å². The van der Waals surface area contributed by atoms with Gasteiger partial charge in [-0.25, -0.2) is 4.98 Å². The van der Waals surface area contributed by atoms with E-state index in [0.717, 1.165) is 19.3 Å². The second-order valence-corrected chi connectivity index (χ2v) is 8.70. The van der Waals surface area contributed by atoms with E-state index >= 15 is 0 Å². The molecule has 0 spiro atoms. The Morgan fingerprint density at radius 2 is 1.87 bits per heavy atom. The summed E-state index contributed by atoms with van der Waals surface area (Å²) in [6.45, 7) is 0. The first kappa shape index (κ1) is 19.1. The van der Waals surface area contributed by atoms with Crippen molar-refractivity contribution >= 4 is 5.91 Å². The number of hydrogen-bond acceptors (Lipinski definition) is 3. The highest BCUT2D eigenvalue weighted by Crippen LogP contribution is 2.47. The number of imidazole rings is 1. The molecular weight excluding hydrogens is 372 g/mol. The second-order valence-electron chi connectivity index (χ2n) is 8.70. The van der Waals surface area contributed by atoms with Crippen molar-refractivity contribution < 1.29 is 4.79 Å². The van der Waals surface area contributed by atoms with Gasteiger partial charge in [-0.05, 0) is 61.3 Å². The molecule has 2 aromatic carbocycles. The Labute approximate surface area is 177 Å². The van der Waals surface area contributed by atoms with Gasteiger partial charge >= 0.3 is 0 Å². The van der Waals surface area contributed by atoms with Crippen LogP contribution in [0, 0.1) is 0 Å². The molecule has 3 heterocycles. The minimum absolute atomic E-state index is 0.310. The maximum atomic E-state index is 11.6. The van der Waals surface area contributed by atoms with Crippen LogP contribution in [0.15, 0.2) is 67.1 Å². The zero-order valence-electron chi connectivity index (χ0n) is 17.1. The van der Waals surface area contributed by atoms with Crippen LogP contribution in [0.4, 0.5) is 0 Å². The first-order chi connectivity index (χ1) is 14.7. The van der Waals surface area contributed by atoms with Crippen molar-refractivity contribution in [2.75, 3.05) is 0 Å². The molecule has 3 atom stereocenters. The number of benzene rings is 2. The Balaban J connectivity index is 1.40. The lowest BCUT2D eigenvalue weighted by molar-refractivity contribution is 0.0735. The zero-order valence-corrected chi connectivity index (χ0v) is 17.1. The second kappa shape index (κ2) is 8.07. The molecule has 3 aromatic rings. The third-order valence-electron chi connectivity index (χ3n) is 6.94. The summed E-state index contributed by atoms with van der Waals surface area (Å²) >= 11 is 0. The fraction of sp³-hybridized carbons (Fsp3) is 0.360. The van der Waals surface area contributed by atoms with Crippen molar-refractivity contribution in [3.8, 4) is 0 Å². The van der Waals surface area contributed by atoms with E-state index in [1.165, 1.54) is 29.7 Å². The number of nitrogens with zero attached hydrogens (tertiary/aromatic N) is 2. The summed E-state index contributed by atoms with van der Waals surface area (Å²) in [5.41, 5.74) is 9.93. The van der Waals surface area contributed by atoms with Crippen molar-refractivity contribution in [1.29, 1.82) is 0 Å². The van der Waals surface area contributed by atoms with Crippen LogP contribution >= 0.6 is 0 Å². The summed E-state index contributed by atoms with van der Waals surface area (Å²) in [5.74, 6) is 0.136. The fourth-order valence-electron chi connectivity index (χ4n) is 5.60. The van der Waals surface area contributed by atoms with Gasteiger partial charge in [0, 0.05) is 23.8 Å². The fourth-order valence-corrected chi connectivity index (χ4v) is 5.60. The summed E-state index contributed by atoms with van der Waals surface area (Å²) in [5, 5.41) is 0. The summed E-state index contributed by atoms with van der Waals surface area (Å²) in [4.78, 5) is 22.1. The Bertz CT molecular complexity index is 987. The van der Waals surface area contributed by atoms with E-state index in [1.54, 1.807) is 6.33 Å². The van der Waals surface area contributed by atoms with E-state index in [0.29, 0.717) is 29.6 Å². The number of carbonyl (C=O) groups is 1. The molecule has 5 heteroatoms. The predicted octanol–water partition coefficient (Wildman–Crippen LogP) is 4.20. The molecule has 2 saturated heterocycles. The number of aromatic amines is 1. The standard InChI is InChI=1S/C25H28N4O/c26-25(30)19-8-4-7-18(12-19)20-13-21-9-10-22(14-20)29(21)24(23-15-27-16-28-23)11-17-5-2-1-3-6-17/h1-8,12,15-16,20-22,24H,9-11,13-14H2,(H2,26,30)(H,27,28). The van der Waals surface area contributed by atoms with Gasteiger partial charge in [0.1, 0.15) is 0 Å². The van der Waals surface area contributed by atoms with Crippen LogP contribution in [0.2, 0.25) is 0 Å². The number of carbonyl (C=O) groups excluding carboxylic acids is 1. The molecule has 2 fully saturated rings. The molecule has 0 radical (unpaired) electrons. The van der Waals surface area contributed by atoms with Crippen molar-refractivity contribution in [2.24, 2.45) is 5.73 Å². The number of aromatic nitrogens is 2. The third-order valence-corrected chi connectivity index (χ3v) is 6.94. The van der Waals surface area contributed by atoms with E-state index in [1.807, 2.05) is 24.4 Å². The molecule has 2 bridgehead atoms. The van der Waals surface area contributed by atoms with Gasteiger partial charge in [-0.3, -0.25) is 9.69 Å². The minimum Gasteiger partial charge on any atom is -0.366 e. The van der Waals surface area contributed by atoms with Crippen LogP contribution in [0.1, 0.15) is 64.8 Å². The van der Waals surface area contributed by atoms with Gasteiger partial charge in [0.15, 0.2) is 0 Å². The molecule has 5 nitrogen and oxygen atoms in total. The first-order valence-corrected chi connectivity index (χ1v) is 10.9. The van der Waals surface area contributed by atoms with Gasteiger partial charge in [0.25, 0.3) is 0 Å². The van der Waals surface area contributed by atoms with Gasteiger partial charge in [-0.15, -0.1) is 0 Å². The molecule has 154 valence electrons. The Kier molecular flexibility index (Phi) is 5.13. The molecule has 30 heavy (non-hydrogen) atoms. The number of hydrogen-bond donors (Lipinski definition) is 2. The normalized spacial score (nSPS) is 24.6.